The number of pyridine rings is 1. The van der Waals surface area contributed by atoms with E-state index in [1.54, 1.807) is 7.11 Å². The number of methoxy groups -OCH3 is 1. The topological polar surface area (TPSA) is 51.2 Å². The molecule has 4 heteroatoms. The molecule has 4 saturated carbocycles. The Morgan fingerprint density at radius 1 is 1.00 bits per heavy atom. The van der Waals surface area contributed by atoms with Crippen molar-refractivity contribution in [2.45, 2.75) is 51.5 Å². The van der Waals surface area contributed by atoms with Gasteiger partial charge in [0.2, 0.25) is 0 Å². The van der Waals surface area contributed by atoms with E-state index < -0.39 is 0 Å². The van der Waals surface area contributed by atoms with Crippen LogP contribution in [-0.2, 0) is 0 Å². The van der Waals surface area contributed by atoms with Crippen LogP contribution in [0.3, 0.4) is 0 Å². The normalized spacial score (nSPS) is 28.6. The van der Waals surface area contributed by atoms with Gasteiger partial charge in [-0.3, -0.25) is 4.79 Å². The van der Waals surface area contributed by atoms with Crippen molar-refractivity contribution >= 4 is 16.8 Å². The van der Waals surface area contributed by atoms with Crippen LogP contribution in [0.15, 0.2) is 54.6 Å². The standard InChI is InChI=1S/C29H32N2O2/c1-18(29-15-19-10-20(16-29)12-21(11-19)17-29)30-28(32)25-14-27(22-6-5-7-23(13-22)33-2)31-26-9-4-3-8-24(25)26/h3-9,13-14,18-21H,10-12,15-17H2,1-2H3,(H,30,32). The number of amides is 1. The van der Waals surface area contributed by atoms with Crippen LogP contribution in [-0.4, -0.2) is 24.0 Å². The number of para-hydroxylation sites is 1. The summed E-state index contributed by atoms with van der Waals surface area (Å²) >= 11 is 0. The summed E-state index contributed by atoms with van der Waals surface area (Å²) in [5, 5.41) is 4.36. The van der Waals surface area contributed by atoms with Gasteiger partial charge in [-0.1, -0.05) is 30.3 Å². The number of fused-ring (bicyclic) bond motifs is 1. The minimum Gasteiger partial charge on any atom is -0.497 e. The highest BCUT2D eigenvalue weighted by molar-refractivity contribution is 6.07. The molecule has 0 aliphatic heterocycles. The first-order valence-electron chi connectivity index (χ1n) is 12.4. The van der Waals surface area contributed by atoms with Crippen LogP contribution < -0.4 is 10.1 Å². The highest BCUT2D eigenvalue weighted by atomic mass is 16.5. The van der Waals surface area contributed by atoms with Gasteiger partial charge in [-0.05, 0) is 92.9 Å². The summed E-state index contributed by atoms with van der Waals surface area (Å²) in [6.07, 6.45) is 8.10. The maximum atomic E-state index is 13.7. The van der Waals surface area contributed by atoms with Crippen LogP contribution in [0.2, 0.25) is 0 Å². The van der Waals surface area contributed by atoms with Crippen LogP contribution in [0.4, 0.5) is 0 Å². The lowest BCUT2D eigenvalue weighted by molar-refractivity contribution is -0.0687. The second-order valence-electron chi connectivity index (χ2n) is 10.8. The molecular weight excluding hydrogens is 408 g/mol. The molecule has 170 valence electrons. The monoisotopic (exact) mass is 440 g/mol. The summed E-state index contributed by atoms with van der Waals surface area (Å²) in [5.74, 6) is 3.41. The molecular formula is C29H32N2O2. The summed E-state index contributed by atoms with van der Waals surface area (Å²) in [5.41, 5.74) is 3.56. The van der Waals surface area contributed by atoms with E-state index in [1.807, 2.05) is 54.6 Å². The first-order valence-corrected chi connectivity index (χ1v) is 12.4. The fourth-order valence-electron chi connectivity index (χ4n) is 7.43. The Hall–Kier alpha value is -2.88. The molecule has 1 atom stereocenters. The SMILES string of the molecule is COc1cccc(-c2cc(C(=O)NC(C)C34CC5CC(CC(C5)C3)C4)c3ccccc3n2)c1. The number of ether oxygens (including phenoxy) is 1. The fraction of sp³-hybridized carbons (Fsp3) is 0.448. The Kier molecular flexibility index (Phi) is 4.93. The lowest BCUT2D eigenvalue weighted by Gasteiger charge is -2.59. The summed E-state index contributed by atoms with van der Waals surface area (Å²) in [6, 6.07) is 17.9. The third-order valence-corrected chi connectivity index (χ3v) is 8.68. The van der Waals surface area contributed by atoms with Gasteiger partial charge < -0.3 is 10.1 Å². The van der Waals surface area contributed by atoms with Gasteiger partial charge in [-0.2, -0.15) is 0 Å². The van der Waals surface area contributed by atoms with Crippen LogP contribution in [0.1, 0.15) is 55.8 Å². The number of hydrogen-bond donors (Lipinski definition) is 1. The molecule has 0 radical (unpaired) electrons. The molecule has 4 aliphatic rings. The van der Waals surface area contributed by atoms with Gasteiger partial charge in [0.1, 0.15) is 5.75 Å². The average Bonchev–Trinajstić information content (AvgIpc) is 2.82. The fourth-order valence-corrected chi connectivity index (χ4v) is 7.43. The van der Waals surface area contributed by atoms with Crippen molar-refractivity contribution < 1.29 is 9.53 Å². The van der Waals surface area contributed by atoms with E-state index in [-0.39, 0.29) is 17.4 Å². The average molecular weight is 441 g/mol. The molecule has 1 aromatic heterocycles. The highest BCUT2D eigenvalue weighted by Gasteiger charge is 2.53. The lowest BCUT2D eigenvalue weighted by Crippen LogP contribution is -2.55. The van der Waals surface area contributed by atoms with E-state index >= 15 is 0 Å². The Morgan fingerprint density at radius 3 is 2.39 bits per heavy atom. The molecule has 2 aromatic carbocycles. The van der Waals surface area contributed by atoms with Crippen molar-refractivity contribution in [2.24, 2.45) is 23.2 Å². The molecule has 4 bridgehead atoms. The predicted molar refractivity (Wildman–Crippen MR) is 131 cm³/mol. The molecule has 1 unspecified atom stereocenters. The largest absolute Gasteiger partial charge is 0.497 e. The molecule has 7 rings (SSSR count). The molecule has 0 saturated heterocycles. The van der Waals surface area contributed by atoms with Crippen molar-refractivity contribution in [3.8, 4) is 17.0 Å². The van der Waals surface area contributed by atoms with E-state index in [4.69, 9.17) is 9.72 Å². The number of carbonyl (C=O) groups is 1. The number of nitrogens with one attached hydrogen (secondary N) is 1. The quantitative estimate of drug-likeness (QED) is 0.510. The predicted octanol–water partition coefficient (Wildman–Crippen LogP) is 6.25. The number of nitrogens with zero attached hydrogens (tertiary/aromatic N) is 1. The Labute approximate surface area is 195 Å². The Bertz CT molecular complexity index is 1180. The number of aromatic nitrogens is 1. The number of rotatable bonds is 5. The van der Waals surface area contributed by atoms with Crippen molar-refractivity contribution in [3.63, 3.8) is 0 Å². The molecule has 0 spiro atoms. The van der Waals surface area contributed by atoms with Gasteiger partial charge in [-0.15, -0.1) is 0 Å². The molecule has 1 N–H and O–H groups in total. The van der Waals surface area contributed by atoms with E-state index in [1.165, 1.54) is 38.5 Å². The summed E-state index contributed by atoms with van der Waals surface area (Å²) < 4.78 is 5.40. The van der Waals surface area contributed by atoms with Gasteiger partial charge in [0.05, 0.1) is 23.9 Å². The first-order chi connectivity index (χ1) is 16.0. The van der Waals surface area contributed by atoms with Crippen LogP contribution >= 0.6 is 0 Å². The second kappa shape index (κ2) is 7.86. The first kappa shape index (κ1) is 20.7. The van der Waals surface area contributed by atoms with Crippen molar-refractivity contribution in [1.29, 1.82) is 0 Å². The van der Waals surface area contributed by atoms with E-state index in [0.29, 0.717) is 5.56 Å². The second-order valence-corrected chi connectivity index (χ2v) is 10.8. The van der Waals surface area contributed by atoms with Crippen LogP contribution in [0.25, 0.3) is 22.2 Å². The molecule has 33 heavy (non-hydrogen) atoms. The zero-order chi connectivity index (χ0) is 22.6. The van der Waals surface area contributed by atoms with Gasteiger partial charge in [0, 0.05) is 17.0 Å². The van der Waals surface area contributed by atoms with Gasteiger partial charge in [0.25, 0.3) is 5.91 Å². The van der Waals surface area contributed by atoms with E-state index in [0.717, 1.165) is 45.7 Å². The maximum Gasteiger partial charge on any atom is 0.252 e. The summed E-state index contributed by atoms with van der Waals surface area (Å²) in [4.78, 5) is 18.6. The van der Waals surface area contributed by atoms with Gasteiger partial charge >= 0.3 is 0 Å². The highest BCUT2D eigenvalue weighted by Crippen LogP contribution is 2.61. The van der Waals surface area contributed by atoms with E-state index in [2.05, 4.69) is 12.2 Å². The third kappa shape index (κ3) is 3.60. The molecule has 4 aliphatic carbocycles. The smallest absolute Gasteiger partial charge is 0.252 e. The summed E-state index contributed by atoms with van der Waals surface area (Å²) in [7, 11) is 1.66. The maximum absolute atomic E-state index is 13.7. The minimum atomic E-state index is 0.0148. The molecule has 1 heterocycles. The minimum absolute atomic E-state index is 0.0148. The zero-order valence-corrected chi connectivity index (χ0v) is 19.5. The van der Waals surface area contributed by atoms with Gasteiger partial charge in [-0.25, -0.2) is 4.98 Å². The molecule has 4 nitrogen and oxygen atoms in total. The number of hydrogen-bond acceptors (Lipinski definition) is 3. The summed E-state index contributed by atoms with van der Waals surface area (Å²) in [6.45, 7) is 2.25. The van der Waals surface area contributed by atoms with Crippen molar-refractivity contribution in [2.75, 3.05) is 7.11 Å². The number of carbonyl (C=O) groups excluding carboxylic acids is 1. The Morgan fingerprint density at radius 2 is 1.70 bits per heavy atom. The molecule has 4 fully saturated rings. The van der Waals surface area contributed by atoms with Crippen LogP contribution in [0.5, 0.6) is 5.75 Å². The lowest BCUT2D eigenvalue weighted by atomic mass is 9.48. The molecule has 3 aromatic rings. The Balaban J connectivity index is 1.34. The van der Waals surface area contributed by atoms with Crippen molar-refractivity contribution in [1.82, 2.24) is 10.3 Å². The molecule has 1 amide bonds. The van der Waals surface area contributed by atoms with Crippen LogP contribution in [0, 0.1) is 23.2 Å². The third-order valence-electron chi connectivity index (χ3n) is 8.68. The number of benzene rings is 2. The van der Waals surface area contributed by atoms with Gasteiger partial charge in [0.15, 0.2) is 0 Å². The van der Waals surface area contributed by atoms with E-state index in [9.17, 15) is 4.79 Å². The van der Waals surface area contributed by atoms with Crippen molar-refractivity contribution in [3.05, 3.63) is 60.2 Å². The zero-order valence-electron chi connectivity index (χ0n) is 19.5.